The van der Waals surface area contributed by atoms with Crippen molar-refractivity contribution < 1.29 is 9.21 Å². The van der Waals surface area contributed by atoms with Crippen molar-refractivity contribution in [2.24, 2.45) is 0 Å². The van der Waals surface area contributed by atoms with Crippen LogP contribution in [0.15, 0.2) is 22.6 Å². The lowest BCUT2D eigenvalue weighted by Gasteiger charge is -2.32. The molecule has 1 atom stereocenters. The van der Waals surface area contributed by atoms with Gasteiger partial charge >= 0.3 is 0 Å². The zero-order valence-corrected chi connectivity index (χ0v) is 12.0. The lowest BCUT2D eigenvalue weighted by molar-refractivity contribution is -0.129. The molecule has 1 unspecified atom stereocenters. The van der Waals surface area contributed by atoms with Gasteiger partial charge in [-0.15, -0.1) is 0 Å². The standard InChI is InChI=1S/C13H16INO2/c1-10-4-2-3-9-15(10)13(16)8-6-11-5-7-12(14)17-11/h5-8,10H,2-4,9H2,1H3. The van der Waals surface area contributed by atoms with Gasteiger partial charge in [0.15, 0.2) is 3.77 Å². The second-order valence-corrected chi connectivity index (χ2v) is 5.41. The van der Waals surface area contributed by atoms with Gasteiger partial charge in [-0.2, -0.15) is 0 Å². The van der Waals surface area contributed by atoms with Gasteiger partial charge in [-0.25, -0.2) is 0 Å². The highest BCUT2D eigenvalue weighted by Gasteiger charge is 2.21. The highest BCUT2D eigenvalue weighted by Crippen LogP contribution is 2.17. The van der Waals surface area contributed by atoms with Crippen molar-refractivity contribution in [3.63, 3.8) is 0 Å². The summed E-state index contributed by atoms with van der Waals surface area (Å²) in [4.78, 5) is 13.9. The number of carbonyl (C=O) groups is 1. The van der Waals surface area contributed by atoms with Gasteiger partial charge < -0.3 is 9.32 Å². The second kappa shape index (κ2) is 5.71. The molecule has 1 aliphatic rings. The minimum atomic E-state index is 0.0867. The Balaban J connectivity index is 1.98. The van der Waals surface area contributed by atoms with E-state index in [0.717, 1.165) is 28.9 Å². The van der Waals surface area contributed by atoms with E-state index >= 15 is 0 Å². The smallest absolute Gasteiger partial charge is 0.246 e. The zero-order valence-electron chi connectivity index (χ0n) is 9.86. The van der Waals surface area contributed by atoms with Crippen LogP contribution in [-0.2, 0) is 4.79 Å². The monoisotopic (exact) mass is 345 g/mol. The number of hydrogen-bond donors (Lipinski definition) is 0. The molecule has 2 rings (SSSR count). The third-order valence-corrected chi connectivity index (χ3v) is 3.65. The first-order chi connectivity index (χ1) is 8.16. The Morgan fingerprint density at radius 1 is 1.53 bits per heavy atom. The SMILES string of the molecule is CC1CCCCN1C(=O)C=Cc1ccc(I)o1. The fourth-order valence-electron chi connectivity index (χ4n) is 2.09. The van der Waals surface area contributed by atoms with E-state index in [-0.39, 0.29) is 5.91 Å². The number of hydrogen-bond acceptors (Lipinski definition) is 2. The molecular formula is C13H16INO2. The Labute approximate surface area is 115 Å². The second-order valence-electron chi connectivity index (χ2n) is 4.35. The number of carbonyl (C=O) groups excluding carboxylic acids is 1. The molecule has 0 aromatic carbocycles. The maximum absolute atomic E-state index is 12.0. The van der Waals surface area contributed by atoms with E-state index in [4.69, 9.17) is 4.42 Å². The highest BCUT2D eigenvalue weighted by atomic mass is 127. The minimum Gasteiger partial charge on any atom is -0.451 e. The van der Waals surface area contributed by atoms with Crippen LogP contribution in [-0.4, -0.2) is 23.4 Å². The van der Waals surface area contributed by atoms with Crippen molar-refractivity contribution in [2.45, 2.75) is 32.2 Å². The van der Waals surface area contributed by atoms with E-state index in [1.54, 1.807) is 12.2 Å². The predicted octanol–water partition coefficient (Wildman–Crippen LogP) is 3.30. The molecule has 1 aromatic rings. The molecular weight excluding hydrogens is 329 g/mol. The van der Waals surface area contributed by atoms with Gasteiger partial charge in [0.2, 0.25) is 5.91 Å². The quantitative estimate of drug-likeness (QED) is 0.609. The van der Waals surface area contributed by atoms with Crippen LogP contribution >= 0.6 is 22.6 Å². The summed E-state index contributed by atoms with van der Waals surface area (Å²) in [6.45, 7) is 2.99. The number of furan rings is 1. The number of amides is 1. The number of piperidine rings is 1. The Bertz CT molecular complexity index is 425. The number of rotatable bonds is 2. The van der Waals surface area contributed by atoms with Crippen LogP contribution in [0.5, 0.6) is 0 Å². The first kappa shape index (κ1) is 12.7. The molecule has 1 amide bonds. The molecule has 1 fully saturated rings. The molecule has 0 spiro atoms. The van der Waals surface area contributed by atoms with E-state index in [9.17, 15) is 4.79 Å². The molecule has 0 aliphatic carbocycles. The van der Waals surface area contributed by atoms with Crippen LogP contribution in [0.3, 0.4) is 0 Å². The van der Waals surface area contributed by atoms with Crippen molar-refractivity contribution >= 4 is 34.6 Å². The molecule has 2 heterocycles. The van der Waals surface area contributed by atoms with Gasteiger partial charge in [0.25, 0.3) is 0 Å². The molecule has 0 bridgehead atoms. The van der Waals surface area contributed by atoms with Gasteiger partial charge in [0.1, 0.15) is 5.76 Å². The summed E-state index contributed by atoms with van der Waals surface area (Å²) >= 11 is 2.11. The van der Waals surface area contributed by atoms with Crippen LogP contribution in [0.25, 0.3) is 6.08 Å². The van der Waals surface area contributed by atoms with E-state index in [1.807, 2.05) is 17.0 Å². The Hall–Kier alpha value is -0.780. The van der Waals surface area contributed by atoms with Crippen LogP contribution in [0.2, 0.25) is 0 Å². The van der Waals surface area contributed by atoms with Crippen LogP contribution in [0.1, 0.15) is 31.9 Å². The fraction of sp³-hybridized carbons (Fsp3) is 0.462. The average molecular weight is 345 g/mol. The van der Waals surface area contributed by atoms with Crippen molar-refractivity contribution in [3.05, 3.63) is 27.7 Å². The van der Waals surface area contributed by atoms with Crippen LogP contribution in [0, 0.1) is 3.77 Å². The number of nitrogens with zero attached hydrogens (tertiary/aromatic N) is 1. The zero-order chi connectivity index (χ0) is 12.3. The summed E-state index contributed by atoms with van der Waals surface area (Å²) in [5.41, 5.74) is 0. The first-order valence-corrected chi connectivity index (χ1v) is 6.99. The maximum Gasteiger partial charge on any atom is 0.246 e. The van der Waals surface area contributed by atoms with Gasteiger partial charge in [-0.3, -0.25) is 4.79 Å². The molecule has 0 N–H and O–H groups in total. The average Bonchev–Trinajstić information content (AvgIpc) is 2.73. The summed E-state index contributed by atoms with van der Waals surface area (Å²) in [5.74, 6) is 0.816. The largest absolute Gasteiger partial charge is 0.451 e. The Morgan fingerprint density at radius 3 is 3.00 bits per heavy atom. The molecule has 17 heavy (non-hydrogen) atoms. The molecule has 1 aliphatic heterocycles. The molecule has 3 nitrogen and oxygen atoms in total. The molecule has 0 radical (unpaired) electrons. The van der Waals surface area contributed by atoms with E-state index in [0.29, 0.717) is 6.04 Å². The van der Waals surface area contributed by atoms with Gasteiger partial charge in [-0.05, 0) is 67.0 Å². The van der Waals surface area contributed by atoms with E-state index in [1.165, 1.54) is 6.42 Å². The Morgan fingerprint density at radius 2 is 2.35 bits per heavy atom. The summed E-state index contributed by atoms with van der Waals surface area (Å²) in [5, 5.41) is 0. The number of halogens is 1. The molecule has 4 heteroatoms. The molecule has 92 valence electrons. The first-order valence-electron chi connectivity index (χ1n) is 5.91. The van der Waals surface area contributed by atoms with Crippen molar-refractivity contribution in [2.75, 3.05) is 6.54 Å². The summed E-state index contributed by atoms with van der Waals surface area (Å²) < 4.78 is 6.21. The maximum atomic E-state index is 12.0. The third-order valence-electron chi connectivity index (χ3n) is 3.07. The lowest BCUT2D eigenvalue weighted by Crippen LogP contribution is -2.41. The van der Waals surface area contributed by atoms with E-state index in [2.05, 4.69) is 29.5 Å². The minimum absolute atomic E-state index is 0.0867. The van der Waals surface area contributed by atoms with Crippen molar-refractivity contribution in [1.29, 1.82) is 0 Å². The van der Waals surface area contributed by atoms with Crippen LogP contribution in [0.4, 0.5) is 0 Å². The van der Waals surface area contributed by atoms with Gasteiger partial charge in [-0.1, -0.05) is 0 Å². The summed E-state index contributed by atoms with van der Waals surface area (Å²) in [6, 6.07) is 4.11. The van der Waals surface area contributed by atoms with Gasteiger partial charge in [0, 0.05) is 18.7 Å². The molecule has 1 saturated heterocycles. The van der Waals surface area contributed by atoms with Crippen molar-refractivity contribution in [3.8, 4) is 0 Å². The van der Waals surface area contributed by atoms with Crippen LogP contribution < -0.4 is 0 Å². The predicted molar refractivity (Wildman–Crippen MR) is 75.5 cm³/mol. The molecule has 1 aromatic heterocycles. The summed E-state index contributed by atoms with van der Waals surface area (Å²) in [6.07, 6.45) is 6.80. The topological polar surface area (TPSA) is 33.5 Å². The van der Waals surface area contributed by atoms with Crippen molar-refractivity contribution in [1.82, 2.24) is 4.90 Å². The normalized spacial score (nSPS) is 21.1. The molecule has 0 saturated carbocycles. The lowest BCUT2D eigenvalue weighted by atomic mass is 10.0. The fourth-order valence-corrected chi connectivity index (χ4v) is 2.53. The summed E-state index contributed by atoms with van der Waals surface area (Å²) in [7, 11) is 0. The number of likely N-dealkylation sites (tertiary alicyclic amines) is 1. The highest BCUT2D eigenvalue weighted by molar-refractivity contribution is 14.1. The Kier molecular flexibility index (Phi) is 4.25. The van der Waals surface area contributed by atoms with E-state index < -0.39 is 0 Å². The van der Waals surface area contributed by atoms with Gasteiger partial charge in [0.05, 0.1) is 0 Å². The third kappa shape index (κ3) is 3.34.